The van der Waals surface area contributed by atoms with Crippen molar-refractivity contribution in [3.63, 3.8) is 0 Å². The van der Waals surface area contributed by atoms with Gasteiger partial charge in [0.2, 0.25) is 5.91 Å². The summed E-state index contributed by atoms with van der Waals surface area (Å²) in [4.78, 5) is 27.3. The molecule has 1 aliphatic heterocycles. The fraction of sp³-hybridized carbons (Fsp3) is 0.417. The van der Waals surface area contributed by atoms with E-state index < -0.39 is 41.4 Å². The van der Waals surface area contributed by atoms with Gasteiger partial charge in [-0.25, -0.2) is 4.79 Å². The number of fused-ring (bicyclic) bond motifs is 1. The first-order chi connectivity index (χ1) is 15.3. The van der Waals surface area contributed by atoms with Crippen molar-refractivity contribution >= 4 is 29.3 Å². The van der Waals surface area contributed by atoms with Crippen molar-refractivity contribution in [3.8, 4) is 0 Å². The SMILES string of the molecule is C[C@@H](c1ccccc1C(F)(F)F)N1C(=O)[C@H](NC(=O)OC(C)(C)C)CCc2ccc(Cl)cc21. The van der Waals surface area contributed by atoms with E-state index in [0.29, 0.717) is 17.1 Å². The number of aryl methyl sites for hydroxylation is 1. The van der Waals surface area contributed by atoms with Gasteiger partial charge >= 0.3 is 12.3 Å². The Kier molecular flexibility index (Phi) is 6.98. The van der Waals surface area contributed by atoms with Gasteiger partial charge in [-0.1, -0.05) is 35.9 Å². The van der Waals surface area contributed by atoms with E-state index in [0.717, 1.165) is 11.6 Å². The molecule has 1 N–H and O–H groups in total. The third-order valence-corrected chi connectivity index (χ3v) is 5.57. The molecule has 0 aliphatic carbocycles. The van der Waals surface area contributed by atoms with Crippen molar-refractivity contribution in [2.45, 2.75) is 64.4 Å². The van der Waals surface area contributed by atoms with Crippen LogP contribution in [0, 0.1) is 0 Å². The van der Waals surface area contributed by atoms with Crippen LogP contribution in [0.5, 0.6) is 0 Å². The molecule has 0 saturated carbocycles. The first-order valence-corrected chi connectivity index (χ1v) is 10.9. The molecule has 3 rings (SSSR count). The molecule has 0 fully saturated rings. The summed E-state index contributed by atoms with van der Waals surface area (Å²) in [7, 11) is 0. The number of halogens is 4. The van der Waals surface area contributed by atoms with Crippen molar-refractivity contribution in [2.75, 3.05) is 4.90 Å². The minimum absolute atomic E-state index is 0.0535. The number of carbonyl (C=O) groups is 2. The van der Waals surface area contributed by atoms with Crippen molar-refractivity contribution in [1.29, 1.82) is 0 Å². The molecular weight excluding hydrogens is 457 g/mol. The van der Waals surface area contributed by atoms with Crippen molar-refractivity contribution < 1.29 is 27.5 Å². The molecule has 0 unspecified atom stereocenters. The van der Waals surface area contributed by atoms with Crippen LogP contribution in [0.4, 0.5) is 23.7 Å². The minimum Gasteiger partial charge on any atom is -0.444 e. The third kappa shape index (κ3) is 5.79. The number of alkyl carbamates (subject to hydrolysis) is 1. The molecule has 5 nitrogen and oxygen atoms in total. The van der Waals surface area contributed by atoms with Crippen LogP contribution in [-0.4, -0.2) is 23.6 Å². The second-order valence-corrected chi connectivity index (χ2v) is 9.42. The van der Waals surface area contributed by atoms with Crippen molar-refractivity contribution in [2.24, 2.45) is 0 Å². The molecule has 0 bridgehead atoms. The maximum Gasteiger partial charge on any atom is 0.416 e. The number of anilines is 1. The number of benzene rings is 2. The van der Waals surface area contributed by atoms with Crippen LogP contribution in [0.2, 0.25) is 5.02 Å². The van der Waals surface area contributed by atoms with Gasteiger partial charge in [0, 0.05) is 10.7 Å². The van der Waals surface area contributed by atoms with E-state index >= 15 is 0 Å². The summed E-state index contributed by atoms with van der Waals surface area (Å²) >= 11 is 6.18. The zero-order valence-electron chi connectivity index (χ0n) is 18.8. The third-order valence-electron chi connectivity index (χ3n) is 5.34. The quantitative estimate of drug-likeness (QED) is 0.559. The standard InChI is InChI=1S/C24H26ClF3N2O3/c1-14(17-7-5-6-8-18(17)24(26,27)28)30-20-13-16(25)11-9-15(20)10-12-19(21(30)31)29-22(32)33-23(2,3)4/h5-9,11,13-14,19H,10,12H2,1-4H3,(H,29,32)/t14-,19+/m0/s1. The maximum absolute atomic E-state index is 13.7. The highest BCUT2D eigenvalue weighted by molar-refractivity contribution is 6.31. The number of hydrogen-bond acceptors (Lipinski definition) is 3. The summed E-state index contributed by atoms with van der Waals surface area (Å²) < 4.78 is 46.4. The molecule has 2 amide bonds. The molecule has 1 heterocycles. The molecule has 0 aromatic heterocycles. The fourth-order valence-corrected chi connectivity index (χ4v) is 4.09. The zero-order chi connectivity index (χ0) is 24.6. The Morgan fingerprint density at radius 2 is 1.85 bits per heavy atom. The van der Waals surface area contributed by atoms with E-state index in [1.165, 1.54) is 30.0 Å². The lowest BCUT2D eigenvalue weighted by Crippen LogP contribution is -2.50. The lowest BCUT2D eigenvalue weighted by Gasteiger charge is -2.33. The number of nitrogens with zero attached hydrogens (tertiary/aromatic N) is 1. The van der Waals surface area contributed by atoms with Gasteiger partial charge in [-0.2, -0.15) is 13.2 Å². The number of nitrogens with one attached hydrogen (secondary N) is 1. The van der Waals surface area contributed by atoms with Gasteiger partial charge in [0.25, 0.3) is 0 Å². The normalized spacial score (nSPS) is 17.8. The van der Waals surface area contributed by atoms with Crippen LogP contribution >= 0.6 is 11.6 Å². The largest absolute Gasteiger partial charge is 0.444 e. The summed E-state index contributed by atoms with van der Waals surface area (Å²) in [5.41, 5.74) is -0.479. The predicted octanol–water partition coefficient (Wildman–Crippen LogP) is 6.29. The average molecular weight is 483 g/mol. The smallest absolute Gasteiger partial charge is 0.416 e. The molecular formula is C24H26ClF3N2O3. The zero-order valence-corrected chi connectivity index (χ0v) is 19.6. The number of alkyl halides is 3. The van der Waals surface area contributed by atoms with Crippen LogP contribution in [-0.2, 0) is 22.1 Å². The summed E-state index contributed by atoms with van der Waals surface area (Å²) in [6, 6.07) is 8.17. The Bertz CT molecular complexity index is 1050. The molecule has 2 aromatic rings. The second-order valence-electron chi connectivity index (χ2n) is 8.98. The Hall–Kier alpha value is -2.74. The number of rotatable bonds is 3. The van der Waals surface area contributed by atoms with Gasteiger partial charge in [0.15, 0.2) is 0 Å². The van der Waals surface area contributed by atoms with Crippen LogP contribution in [0.3, 0.4) is 0 Å². The summed E-state index contributed by atoms with van der Waals surface area (Å²) in [5, 5.41) is 2.94. The van der Waals surface area contributed by atoms with E-state index in [-0.39, 0.29) is 12.0 Å². The van der Waals surface area contributed by atoms with E-state index in [2.05, 4.69) is 5.32 Å². The minimum atomic E-state index is -4.59. The topological polar surface area (TPSA) is 58.6 Å². The molecule has 178 valence electrons. The maximum atomic E-state index is 13.7. The Labute approximate surface area is 195 Å². The molecule has 2 aromatic carbocycles. The first-order valence-electron chi connectivity index (χ1n) is 10.5. The molecule has 0 radical (unpaired) electrons. The van der Waals surface area contributed by atoms with E-state index in [1.54, 1.807) is 39.0 Å². The highest BCUT2D eigenvalue weighted by Gasteiger charge is 2.39. The van der Waals surface area contributed by atoms with Crippen LogP contribution < -0.4 is 10.2 Å². The molecule has 2 atom stereocenters. The number of ether oxygens (including phenoxy) is 1. The molecule has 0 spiro atoms. The van der Waals surface area contributed by atoms with Crippen molar-refractivity contribution in [1.82, 2.24) is 5.32 Å². The number of hydrogen-bond donors (Lipinski definition) is 1. The van der Waals surface area contributed by atoms with Crippen LogP contribution in [0.15, 0.2) is 42.5 Å². The summed E-state index contributed by atoms with van der Waals surface area (Å²) in [6.45, 7) is 6.62. The predicted molar refractivity (Wildman–Crippen MR) is 120 cm³/mol. The monoisotopic (exact) mass is 482 g/mol. The van der Waals surface area contributed by atoms with Gasteiger partial charge in [-0.3, -0.25) is 4.79 Å². The van der Waals surface area contributed by atoms with E-state index in [1.807, 2.05) is 0 Å². The number of carbonyl (C=O) groups excluding carboxylic acids is 2. The average Bonchev–Trinajstić information content (AvgIpc) is 2.82. The Morgan fingerprint density at radius 3 is 2.48 bits per heavy atom. The van der Waals surface area contributed by atoms with Gasteiger partial charge in [-0.05, 0) is 69.9 Å². The molecule has 0 saturated heterocycles. The Morgan fingerprint density at radius 1 is 1.18 bits per heavy atom. The van der Waals surface area contributed by atoms with Gasteiger partial charge in [0.05, 0.1) is 11.6 Å². The Balaban J connectivity index is 2.05. The van der Waals surface area contributed by atoms with E-state index in [9.17, 15) is 22.8 Å². The van der Waals surface area contributed by atoms with E-state index in [4.69, 9.17) is 16.3 Å². The van der Waals surface area contributed by atoms with Crippen LogP contribution in [0.1, 0.15) is 56.8 Å². The van der Waals surface area contributed by atoms with Gasteiger partial charge in [0.1, 0.15) is 11.6 Å². The van der Waals surface area contributed by atoms with Gasteiger partial charge in [-0.15, -0.1) is 0 Å². The van der Waals surface area contributed by atoms with Gasteiger partial charge < -0.3 is 15.0 Å². The fourth-order valence-electron chi connectivity index (χ4n) is 3.92. The second kappa shape index (κ2) is 9.25. The summed E-state index contributed by atoms with van der Waals surface area (Å²) in [6.07, 6.45) is -4.68. The summed E-state index contributed by atoms with van der Waals surface area (Å²) in [5.74, 6) is -0.536. The molecule has 1 aliphatic rings. The highest BCUT2D eigenvalue weighted by Crippen LogP contribution is 2.40. The lowest BCUT2D eigenvalue weighted by molar-refractivity contribution is -0.138. The molecule has 33 heavy (non-hydrogen) atoms. The number of amides is 2. The van der Waals surface area contributed by atoms with Crippen molar-refractivity contribution in [3.05, 3.63) is 64.2 Å². The molecule has 9 heteroatoms. The lowest BCUT2D eigenvalue weighted by atomic mass is 9.98. The highest BCUT2D eigenvalue weighted by atomic mass is 35.5. The van der Waals surface area contributed by atoms with Crippen LogP contribution in [0.25, 0.3) is 0 Å². The first kappa shape index (κ1) is 24.9.